The molecule has 2 aromatic heterocycles. The van der Waals surface area contributed by atoms with Crippen LogP contribution in [0.1, 0.15) is 16.7 Å². The van der Waals surface area contributed by atoms with Gasteiger partial charge in [-0.25, -0.2) is 0 Å². The Balaban J connectivity index is 0.000000143. The first kappa shape index (κ1) is 27.7. The van der Waals surface area contributed by atoms with E-state index >= 15 is 0 Å². The van der Waals surface area contributed by atoms with Gasteiger partial charge in [0.2, 0.25) is 0 Å². The van der Waals surface area contributed by atoms with Crippen molar-refractivity contribution in [1.82, 2.24) is 9.13 Å². The fraction of sp³-hybridized carbons (Fsp3) is 0.0769. The zero-order valence-electron chi connectivity index (χ0n) is 25.1. The Morgan fingerprint density at radius 1 is 0.409 bits per heavy atom. The van der Waals surface area contributed by atoms with E-state index < -0.39 is 7.12 Å². The molecule has 0 unspecified atom stereocenters. The van der Waals surface area contributed by atoms with Crippen molar-refractivity contribution in [3.05, 3.63) is 150 Å². The molecular formula is C39H33BN2O2. The fourth-order valence-electron chi connectivity index (χ4n) is 6.22. The Bertz CT molecular complexity index is 2280. The van der Waals surface area contributed by atoms with E-state index in [-0.39, 0.29) is 0 Å². The van der Waals surface area contributed by atoms with Crippen molar-refractivity contribution in [2.45, 2.75) is 20.8 Å². The van der Waals surface area contributed by atoms with Crippen LogP contribution in [0, 0.1) is 20.8 Å². The first-order valence-corrected chi connectivity index (χ1v) is 14.9. The zero-order valence-corrected chi connectivity index (χ0v) is 25.1. The van der Waals surface area contributed by atoms with Crippen LogP contribution in [0.2, 0.25) is 0 Å². The molecule has 5 heteroatoms. The second-order valence-corrected chi connectivity index (χ2v) is 11.5. The SMILES string of the molecule is Cc1ccc(-n2c3ccccc3c3cc(C)ccc32)cc1.Cc1ccc2c(c1)c1ccccc1n2-c1ccc(B(O)O)cc1. The molecule has 0 amide bonds. The molecule has 0 atom stereocenters. The van der Waals surface area contributed by atoms with E-state index in [1.165, 1.54) is 55.0 Å². The van der Waals surface area contributed by atoms with Crippen LogP contribution in [-0.2, 0) is 0 Å². The standard InChI is InChI=1S/C20H17N.C19H16BNO2/c1-14-7-10-16(11-8-14)21-19-6-4-3-5-17(19)18-13-15(2)9-12-20(18)21;1-13-6-11-19-17(12-13)16-4-2-3-5-18(16)21(19)15-9-7-14(8-10-15)20(22)23/h3-13H,1-2H3;2-12,22-23H,1H3. The van der Waals surface area contributed by atoms with Crippen molar-refractivity contribution >= 4 is 56.2 Å². The van der Waals surface area contributed by atoms with E-state index in [9.17, 15) is 10.0 Å². The van der Waals surface area contributed by atoms with Crippen LogP contribution in [0.5, 0.6) is 0 Å². The van der Waals surface area contributed by atoms with E-state index in [0.717, 1.165) is 16.7 Å². The second kappa shape index (κ2) is 11.2. The van der Waals surface area contributed by atoms with Gasteiger partial charge in [-0.15, -0.1) is 0 Å². The fourth-order valence-corrected chi connectivity index (χ4v) is 6.22. The molecule has 4 nitrogen and oxygen atoms in total. The van der Waals surface area contributed by atoms with Crippen LogP contribution in [0.3, 0.4) is 0 Å². The molecule has 0 aliphatic heterocycles. The van der Waals surface area contributed by atoms with Gasteiger partial charge < -0.3 is 19.2 Å². The number of hydrogen-bond donors (Lipinski definition) is 2. The molecular weight excluding hydrogens is 539 g/mol. The molecule has 6 aromatic carbocycles. The number of aromatic nitrogens is 2. The molecule has 2 N–H and O–H groups in total. The topological polar surface area (TPSA) is 50.3 Å². The molecule has 0 radical (unpaired) electrons. The number of para-hydroxylation sites is 2. The number of aryl methyl sites for hydroxylation is 3. The summed E-state index contributed by atoms with van der Waals surface area (Å²) < 4.78 is 4.56. The van der Waals surface area contributed by atoms with Gasteiger partial charge in [0.25, 0.3) is 0 Å². The molecule has 8 rings (SSSR count). The predicted molar refractivity (Wildman–Crippen MR) is 186 cm³/mol. The Hall–Kier alpha value is -5.10. The maximum atomic E-state index is 9.27. The minimum atomic E-state index is -1.44. The number of hydrogen-bond acceptors (Lipinski definition) is 2. The minimum Gasteiger partial charge on any atom is -0.423 e. The summed E-state index contributed by atoms with van der Waals surface area (Å²) in [6.07, 6.45) is 0. The van der Waals surface area contributed by atoms with Crippen LogP contribution in [-0.4, -0.2) is 26.3 Å². The molecule has 0 aliphatic carbocycles. The number of nitrogens with zero attached hydrogens (tertiary/aromatic N) is 2. The molecule has 0 spiro atoms. The number of benzene rings is 6. The van der Waals surface area contributed by atoms with Gasteiger partial charge in [-0.3, -0.25) is 0 Å². The quantitative estimate of drug-likeness (QED) is 0.210. The summed E-state index contributed by atoms with van der Waals surface area (Å²) >= 11 is 0. The maximum Gasteiger partial charge on any atom is 0.488 e. The lowest BCUT2D eigenvalue weighted by Gasteiger charge is -2.09. The maximum absolute atomic E-state index is 9.27. The van der Waals surface area contributed by atoms with Crippen LogP contribution in [0.25, 0.3) is 55.0 Å². The lowest BCUT2D eigenvalue weighted by Crippen LogP contribution is -2.29. The lowest BCUT2D eigenvalue weighted by atomic mass is 9.80. The van der Waals surface area contributed by atoms with Gasteiger partial charge in [-0.1, -0.05) is 89.5 Å². The molecule has 0 fully saturated rings. The van der Waals surface area contributed by atoms with Gasteiger partial charge in [-0.05, 0) is 86.9 Å². The van der Waals surface area contributed by atoms with Crippen LogP contribution in [0.4, 0.5) is 0 Å². The van der Waals surface area contributed by atoms with E-state index in [1.54, 1.807) is 12.1 Å². The predicted octanol–water partition coefficient (Wildman–Crippen LogP) is 8.17. The average Bonchev–Trinajstić information content (AvgIpc) is 3.54. The highest BCUT2D eigenvalue weighted by Crippen LogP contribution is 2.33. The highest BCUT2D eigenvalue weighted by molar-refractivity contribution is 6.58. The Kier molecular flexibility index (Phi) is 7.05. The van der Waals surface area contributed by atoms with Crippen molar-refractivity contribution in [3.63, 3.8) is 0 Å². The summed E-state index contributed by atoms with van der Waals surface area (Å²) in [6, 6.07) is 46.2. The van der Waals surface area contributed by atoms with E-state index in [2.05, 4.69) is 133 Å². The molecule has 0 saturated heterocycles. The van der Waals surface area contributed by atoms with Gasteiger partial charge in [-0.2, -0.15) is 0 Å². The third kappa shape index (κ3) is 4.86. The van der Waals surface area contributed by atoms with Crippen LogP contribution >= 0.6 is 0 Å². The molecule has 214 valence electrons. The highest BCUT2D eigenvalue weighted by Gasteiger charge is 2.14. The first-order chi connectivity index (χ1) is 21.4. The van der Waals surface area contributed by atoms with Crippen molar-refractivity contribution in [2.24, 2.45) is 0 Å². The normalized spacial score (nSPS) is 11.3. The first-order valence-electron chi connectivity index (χ1n) is 14.9. The van der Waals surface area contributed by atoms with Crippen LogP contribution in [0.15, 0.2) is 133 Å². The lowest BCUT2D eigenvalue weighted by molar-refractivity contribution is 0.426. The van der Waals surface area contributed by atoms with Crippen molar-refractivity contribution in [2.75, 3.05) is 0 Å². The number of fused-ring (bicyclic) bond motifs is 6. The summed E-state index contributed by atoms with van der Waals surface area (Å²) in [4.78, 5) is 0. The minimum absolute atomic E-state index is 0.491. The van der Waals surface area contributed by atoms with Crippen molar-refractivity contribution in [1.29, 1.82) is 0 Å². The summed E-state index contributed by atoms with van der Waals surface area (Å²) in [7, 11) is -1.44. The molecule has 2 heterocycles. The van der Waals surface area contributed by atoms with E-state index in [4.69, 9.17) is 0 Å². The summed E-state index contributed by atoms with van der Waals surface area (Å²) in [5.74, 6) is 0. The van der Waals surface area contributed by atoms with Gasteiger partial charge in [0.1, 0.15) is 0 Å². The van der Waals surface area contributed by atoms with E-state index in [0.29, 0.717) is 5.46 Å². The zero-order chi connectivity index (χ0) is 30.4. The van der Waals surface area contributed by atoms with Gasteiger partial charge in [0.15, 0.2) is 0 Å². The summed E-state index contributed by atoms with van der Waals surface area (Å²) in [5, 5.41) is 23.6. The Morgan fingerprint density at radius 2 is 0.795 bits per heavy atom. The third-order valence-corrected chi connectivity index (χ3v) is 8.40. The Labute approximate surface area is 257 Å². The smallest absolute Gasteiger partial charge is 0.423 e. The van der Waals surface area contributed by atoms with Gasteiger partial charge >= 0.3 is 7.12 Å². The van der Waals surface area contributed by atoms with Gasteiger partial charge in [0, 0.05) is 32.9 Å². The highest BCUT2D eigenvalue weighted by atomic mass is 16.4. The molecule has 8 aromatic rings. The monoisotopic (exact) mass is 572 g/mol. The molecule has 0 bridgehead atoms. The summed E-state index contributed by atoms with van der Waals surface area (Å²) in [5.41, 5.74) is 11.4. The van der Waals surface area contributed by atoms with Crippen molar-refractivity contribution < 1.29 is 10.0 Å². The molecule has 0 aliphatic rings. The molecule has 0 saturated carbocycles. The third-order valence-electron chi connectivity index (χ3n) is 8.40. The number of rotatable bonds is 3. The Morgan fingerprint density at radius 3 is 1.25 bits per heavy atom. The average molecular weight is 573 g/mol. The van der Waals surface area contributed by atoms with E-state index in [1.807, 2.05) is 18.2 Å². The summed E-state index contributed by atoms with van der Waals surface area (Å²) in [6.45, 7) is 6.37. The second-order valence-electron chi connectivity index (χ2n) is 11.5. The largest absolute Gasteiger partial charge is 0.488 e. The van der Waals surface area contributed by atoms with Crippen LogP contribution < -0.4 is 5.46 Å². The van der Waals surface area contributed by atoms with Crippen molar-refractivity contribution in [3.8, 4) is 11.4 Å². The molecule has 44 heavy (non-hydrogen) atoms. The van der Waals surface area contributed by atoms with Gasteiger partial charge in [0.05, 0.1) is 22.1 Å².